The van der Waals surface area contributed by atoms with Gasteiger partial charge in [-0.05, 0) is 44.2 Å². The highest BCUT2D eigenvalue weighted by Crippen LogP contribution is 2.30. The van der Waals surface area contributed by atoms with Crippen molar-refractivity contribution in [1.29, 1.82) is 0 Å². The van der Waals surface area contributed by atoms with E-state index < -0.39 is 0 Å². The van der Waals surface area contributed by atoms with Gasteiger partial charge < -0.3 is 13.9 Å². The number of carbonyl (C=O) groups is 1. The lowest BCUT2D eigenvalue weighted by Crippen LogP contribution is -2.07. The number of rotatable bonds is 7. The Morgan fingerprint density at radius 3 is 2.56 bits per heavy atom. The first-order valence-corrected chi connectivity index (χ1v) is 11.0. The summed E-state index contributed by atoms with van der Waals surface area (Å²) in [6.45, 7) is 3.70. The summed E-state index contributed by atoms with van der Waals surface area (Å²) < 4.78 is 23.4. The predicted octanol–water partition coefficient (Wildman–Crippen LogP) is 5.01. The van der Waals surface area contributed by atoms with Crippen molar-refractivity contribution in [3.63, 3.8) is 0 Å². The van der Waals surface area contributed by atoms with Crippen LogP contribution < -0.4 is 4.74 Å². The molecule has 0 saturated carbocycles. The van der Waals surface area contributed by atoms with E-state index in [1.165, 1.54) is 17.8 Å². The van der Waals surface area contributed by atoms with Gasteiger partial charge in [0.1, 0.15) is 11.6 Å². The smallest absolute Gasteiger partial charge is 0.191 e. The zero-order valence-corrected chi connectivity index (χ0v) is 19.1. The van der Waals surface area contributed by atoms with Gasteiger partial charge in [-0.1, -0.05) is 36.0 Å². The predicted molar refractivity (Wildman–Crippen MR) is 123 cm³/mol. The number of hydrogen-bond donors (Lipinski definition) is 0. The number of aryl methyl sites for hydroxylation is 1. The molecule has 0 radical (unpaired) electrons. The van der Waals surface area contributed by atoms with Gasteiger partial charge in [0.15, 0.2) is 16.8 Å². The number of hydrogen-bond acceptors (Lipinski definition) is 5. The minimum absolute atomic E-state index is 0.0486. The Bertz CT molecular complexity index is 1300. The summed E-state index contributed by atoms with van der Waals surface area (Å²) in [5.74, 6) is 1.18. The summed E-state index contributed by atoms with van der Waals surface area (Å²) in [4.78, 5) is 13.0. The van der Waals surface area contributed by atoms with Gasteiger partial charge in [-0.3, -0.25) is 4.79 Å². The topological polar surface area (TPSA) is 61.9 Å². The highest BCUT2D eigenvalue weighted by Gasteiger charge is 2.20. The minimum Gasteiger partial charge on any atom is -0.496 e. The SMILES string of the molecule is COc1ccccc1-c1nnc(SCC(=O)c2cc(C)n(-c3ccccc3F)c2C)n1C. The van der Waals surface area contributed by atoms with Gasteiger partial charge in [-0.2, -0.15) is 0 Å². The van der Waals surface area contributed by atoms with Gasteiger partial charge in [0.2, 0.25) is 0 Å². The fourth-order valence-electron chi connectivity index (χ4n) is 3.76. The number of ether oxygens (including phenoxy) is 1. The lowest BCUT2D eigenvalue weighted by atomic mass is 10.2. The van der Waals surface area contributed by atoms with Crippen LogP contribution in [0, 0.1) is 19.7 Å². The van der Waals surface area contributed by atoms with Crippen LogP contribution in [0.25, 0.3) is 17.1 Å². The highest BCUT2D eigenvalue weighted by atomic mass is 32.2. The molecule has 0 fully saturated rings. The van der Waals surface area contributed by atoms with Gasteiger partial charge in [0, 0.05) is 24.0 Å². The van der Waals surface area contributed by atoms with Crippen molar-refractivity contribution in [2.75, 3.05) is 12.9 Å². The monoisotopic (exact) mass is 450 g/mol. The Kier molecular flexibility index (Phi) is 6.14. The number of methoxy groups -OCH3 is 1. The number of Topliss-reactive ketones (excluding diaryl/α,β-unsaturated/α-hetero) is 1. The number of thioether (sulfide) groups is 1. The molecule has 0 saturated heterocycles. The van der Waals surface area contributed by atoms with E-state index in [2.05, 4.69) is 10.2 Å². The van der Waals surface area contributed by atoms with Gasteiger partial charge >= 0.3 is 0 Å². The molecule has 0 N–H and O–H groups in total. The second-order valence-electron chi connectivity index (χ2n) is 7.35. The van der Waals surface area contributed by atoms with Crippen molar-refractivity contribution in [2.24, 2.45) is 7.05 Å². The van der Waals surface area contributed by atoms with Crippen LogP contribution >= 0.6 is 11.8 Å². The molecule has 8 heteroatoms. The number of para-hydroxylation sites is 2. The van der Waals surface area contributed by atoms with Gasteiger partial charge in [0.05, 0.1) is 24.1 Å². The largest absolute Gasteiger partial charge is 0.496 e. The van der Waals surface area contributed by atoms with Crippen molar-refractivity contribution >= 4 is 17.5 Å². The molecule has 2 heterocycles. The van der Waals surface area contributed by atoms with Crippen molar-refractivity contribution < 1.29 is 13.9 Å². The number of aromatic nitrogens is 4. The van der Waals surface area contributed by atoms with Crippen molar-refractivity contribution in [1.82, 2.24) is 19.3 Å². The van der Waals surface area contributed by atoms with Crippen molar-refractivity contribution in [3.8, 4) is 22.8 Å². The first-order chi connectivity index (χ1) is 15.4. The summed E-state index contributed by atoms with van der Waals surface area (Å²) in [7, 11) is 3.47. The summed E-state index contributed by atoms with van der Waals surface area (Å²) >= 11 is 1.32. The summed E-state index contributed by atoms with van der Waals surface area (Å²) in [5.41, 5.74) is 3.36. The minimum atomic E-state index is -0.328. The number of halogens is 1. The molecular weight excluding hydrogens is 427 g/mol. The third kappa shape index (κ3) is 3.93. The Morgan fingerprint density at radius 2 is 1.81 bits per heavy atom. The van der Waals surface area contributed by atoms with Crippen LogP contribution in [0.5, 0.6) is 5.75 Å². The first-order valence-electron chi connectivity index (χ1n) is 10.0. The molecule has 0 bridgehead atoms. The molecule has 4 rings (SSSR count). The lowest BCUT2D eigenvalue weighted by molar-refractivity contribution is 0.102. The fourth-order valence-corrected chi connectivity index (χ4v) is 4.56. The zero-order valence-electron chi connectivity index (χ0n) is 18.3. The molecule has 0 aliphatic heterocycles. The molecule has 4 aromatic rings. The third-order valence-corrected chi connectivity index (χ3v) is 6.36. The van der Waals surface area contributed by atoms with Crippen LogP contribution in [0.4, 0.5) is 4.39 Å². The Morgan fingerprint density at radius 1 is 1.09 bits per heavy atom. The molecule has 0 aliphatic carbocycles. The number of ketones is 1. The Hall–Kier alpha value is -3.39. The standard InChI is InChI=1S/C24H23FN4O2S/c1-15-13-18(16(2)29(15)20-11-7-6-10-19(20)25)21(30)14-32-24-27-26-23(28(24)3)17-9-5-8-12-22(17)31-4/h5-13H,14H2,1-4H3. The molecule has 6 nitrogen and oxygen atoms in total. The van der Waals surface area contributed by atoms with Crippen LogP contribution in [0.2, 0.25) is 0 Å². The average Bonchev–Trinajstić information content (AvgIpc) is 3.31. The summed E-state index contributed by atoms with van der Waals surface area (Å²) in [5, 5.41) is 9.16. The number of carbonyl (C=O) groups excluding carboxylic acids is 1. The molecule has 0 aliphatic rings. The average molecular weight is 451 g/mol. The lowest BCUT2D eigenvalue weighted by Gasteiger charge is -2.10. The second kappa shape index (κ2) is 9.00. The van der Waals surface area contributed by atoms with E-state index in [-0.39, 0.29) is 17.4 Å². The first kappa shape index (κ1) is 21.8. The molecule has 0 spiro atoms. The number of benzene rings is 2. The molecule has 2 aromatic heterocycles. The zero-order chi connectivity index (χ0) is 22.8. The van der Waals surface area contributed by atoms with E-state index in [1.807, 2.05) is 55.8 Å². The maximum absolute atomic E-state index is 14.3. The Labute approximate surface area is 190 Å². The summed E-state index contributed by atoms with van der Waals surface area (Å²) in [6, 6.07) is 15.9. The van der Waals surface area contributed by atoms with Crippen molar-refractivity contribution in [2.45, 2.75) is 19.0 Å². The molecule has 32 heavy (non-hydrogen) atoms. The van der Waals surface area contributed by atoms with Crippen LogP contribution in [0.15, 0.2) is 59.8 Å². The van der Waals surface area contributed by atoms with E-state index >= 15 is 0 Å². The molecule has 2 aromatic carbocycles. The second-order valence-corrected chi connectivity index (χ2v) is 8.29. The quantitative estimate of drug-likeness (QED) is 0.293. The fraction of sp³-hybridized carbons (Fsp3) is 0.208. The summed E-state index contributed by atoms with van der Waals surface area (Å²) in [6.07, 6.45) is 0. The molecule has 164 valence electrons. The van der Waals surface area contributed by atoms with Gasteiger partial charge in [-0.25, -0.2) is 4.39 Å². The molecule has 0 atom stereocenters. The van der Waals surface area contributed by atoms with E-state index in [1.54, 1.807) is 29.9 Å². The van der Waals surface area contributed by atoms with Crippen molar-refractivity contribution in [3.05, 3.63) is 77.4 Å². The highest BCUT2D eigenvalue weighted by molar-refractivity contribution is 7.99. The molecular formula is C24H23FN4O2S. The number of nitrogens with zero attached hydrogens (tertiary/aromatic N) is 4. The third-order valence-electron chi connectivity index (χ3n) is 5.34. The van der Waals surface area contributed by atoms with Crippen LogP contribution in [-0.4, -0.2) is 38.0 Å². The van der Waals surface area contributed by atoms with Crippen LogP contribution in [0.3, 0.4) is 0 Å². The maximum Gasteiger partial charge on any atom is 0.191 e. The van der Waals surface area contributed by atoms with E-state index in [0.29, 0.717) is 33.7 Å². The van der Waals surface area contributed by atoms with Crippen LogP contribution in [0.1, 0.15) is 21.7 Å². The molecule has 0 unspecified atom stereocenters. The Balaban J connectivity index is 1.55. The van der Waals surface area contributed by atoms with Gasteiger partial charge in [0.25, 0.3) is 0 Å². The normalized spacial score (nSPS) is 11.0. The molecule has 0 amide bonds. The van der Waals surface area contributed by atoms with Crippen LogP contribution in [-0.2, 0) is 7.05 Å². The van der Waals surface area contributed by atoms with E-state index in [0.717, 1.165) is 11.3 Å². The van der Waals surface area contributed by atoms with Gasteiger partial charge in [-0.15, -0.1) is 10.2 Å². The maximum atomic E-state index is 14.3. The van der Waals surface area contributed by atoms with E-state index in [4.69, 9.17) is 4.74 Å². The van der Waals surface area contributed by atoms with E-state index in [9.17, 15) is 9.18 Å².